The minimum atomic E-state index is -1.22. The second-order valence-electron chi connectivity index (χ2n) is 3.92. The first-order valence-electron chi connectivity index (χ1n) is 5.50. The highest BCUT2D eigenvalue weighted by atomic mass is 35.5. The van der Waals surface area contributed by atoms with Crippen LogP contribution in [-0.4, -0.2) is 12.2 Å². The molecule has 1 atom stereocenters. The van der Waals surface area contributed by atoms with Crippen molar-refractivity contribution in [3.8, 4) is 5.75 Å². The van der Waals surface area contributed by atoms with Crippen LogP contribution in [0.1, 0.15) is 17.2 Å². The van der Waals surface area contributed by atoms with E-state index in [4.69, 9.17) is 27.9 Å². The molecule has 2 aromatic carbocycles. The number of ether oxygens (including phenoxy) is 1. The van der Waals surface area contributed by atoms with Crippen molar-refractivity contribution in [2.24, 2.45) is 0 Å². The van der Waals surface area contributed by atoms with Gasteiger partial charge in [0.15, 0.2) is 0 Å². The lowest BCUT2D eigenvalue weighted by Crippen LogP contribution is -2.06. The molecule has 100 valence electrons. The number of halogens is 3. The molecule has 0 heterocycles. The third-order valence-corrected chi connectivity index (χ3v) is 3.33. The molecule has 5 heteroatoms. The largest absolute Gasteiger partial charge is 0.496 e. The van der Waals surface area contributed by atoms with Crippen LogP contribution in [0.4, 0.5) is 4.39 Å². The highest BCUT2D eigenvalue weighted by Gasteiger charge is 2.21. The van der Waals surface area contributed by atoms with E-state index in [2.05, 4.69) is 0 Å². The Bertz CT molecular complexity index is 602. The van der Waals surface area contributed by atoms with E-state index >= 15 is 0 Å². The second-order valence-corrected chi connectivity index (χ2v) is 4.77. The first-order valence-corrected chi connectivity index (χ1v) is 6.25. The molecule has 0 saturated heterocycles. The summed E-state index contributed by atoms with van der Waals surface area (Å²) in [4.78, 5) is 0. The Labute approximate surface area is 120 Å². The van der Waals surface area contributed by atoms with Gasteiger partial charge in [0, 0.05) is 15.6 Å². The number of rotatable bonds is 3. The van der Waals surface area contributed by atoms with Gasteiger partial charge in [0.05, 0.1) is 12.7 Å². The molecule has 0 radical (unpaired) electrons. The van der Waals surface area contributed by atoms with Gasteiger partial charge in [-0.2, -0.15) is 0 Å². The highest BCUT2D eigenvalue weighted by molar-refractivity contribution is 6.35. The van der Waals surface area contributed by atoms with E-state index in [1.807, 2.05) is 0 Å². The molecule has 2 aromatic rings. The van der Waals surface area contributed by atoms with Crippen molar-refractivity contribution in [1.82, 2.24) is 0 Å². The average Bonchev–Trinajstić information content (AvgIpc) is 2.37. The molecule has 0 aliphatic rings. The third kappa shape index (κ3) is 2.84. The van der Waals surface area contributed by atoms with Crippen molar-refractivity contribution < 1.29 is 14.2 Å². The van der Waals surface area contributed by atoms with E-state index in [1.165, 1.54) is 25.3 Å². The Morgan fingerprint density at radius 1 is 1.21 bits per heavy atom. The molecule has 0 spiro atoms. The topological polar surface area (TPSA) is 29.5 Å². The van der Waals surface area contributed by atoms with Gasteiger partial charge >= 0.3 is 0 Å². The third-order valence-electron chi connectivity index (χ3n) is 2.76. The minimum absolute atomic E-state index is 0.0502. The van der Waals surface area contributed by atoms with E-state index in [-0.39, 0.29) is 16.3 Å². The highest BCUT2D eigenvalue weighted by Crippen LogP contribution is 2.36. The fourth-order valence-electron chi connectivity index (χ4n) is 1.84. The smallest absolute Gasteiger partial charge is 0.133 e. The molecule has 0 aliphatic carbocycles. The van der Waals surface area contributed by atoms with Gasteiger partial charge in [0.2, 0.25) is 0 Å². The lowest BCUT2D eigenvalue weighted by Gasteiger charge is -2.17. The van der Waals surface area contributed by atoms with Crippen LogP contribution in [0.5, 0.6) is 5.75 Å². The van der Waals surface area contributed by atoms with Crippen LogP contribution >= 0.6 is 23.2 Å². The number of hydrogen-bond acceptors (Lipinski definition) is 2. The summed E-state index contributed by atoms with van der Waals surface area (Å²) in [5.74, 6) is -0.295. The van der Waals surface area contributed by atoms with Crippen molar-refractivity contribution in [2.75, 3.05) is 7.11 Å². The van der Waals surface area contributed by atoms with Crippen molar-refractivity contribution in [1.29, 1.82) is 0 Å². The lowest BCUT2D eigenvalue weighted by molar-refractivity contribution is 0.209. The number of hydrogen-bond donors (Lipinski definition) is 1. The van der Waals surface area contributed by atoms with Gasteiger partial charge in [-0.3, -0.25) is 0 Å². The Morgan fingerprint density at radius 3 is 2.58 bits per heavy atom. The molecule has 0 aromatic heterocycles. The summed E-state index contributed by atoms with van der Waals surface area (Å²) < 4.78 is 18.9. The molecular formula is C14H11Cl2FO2. The zero-order valence-corrected chi connectivity index (χ0v) is 11.5. The van der Waals surface area contributed by atoms with Crippen LogP contribution in [0.25, 0.3) is 0 Å². The summed E-state index contributed by atoms with van der Waals surface area (Å²) in [6.07, 6.45) is -1.22. The van der Waals surface area contributed by atoms with E-state index in [0.717, 1.165) is 0 Å². The van der Waals surface area contributed by atoms with Gasteiger partial charge in [0.1, 0.15) is 17.7 Å². The standard InChI is InChI=1S/C14H11Cl2FO2/c1-19-12-4-2-3-11(17)13(12)14(18)9-6-5-8(15)7-10(9)16/h2-7,14,18H,1H3. The van der Waals surface area contributed by atoms with Gasteiger partial charge < -0.3 is 9.84 Å². The van der Waals surface area contributed by atoms with Gasteiger partial charge in [-0.1, -0.05) is 35.3 Å². The van der Waals surface area contributed by atoms with E-state index in [0.29, 0.717) is 10.6 Å². The predicted molar refractivity (Wildman–Crippen MR) is 73.5 cm³/mol. The molecule has 0 aliphatic heterocycles. The molecule has 2 rings (SSSR count). The average molecular weight is 301 g/mol. The quantitative estimate of drug-likeness (QED) is 0.919. The van der Waals surface area contributed by atoms with Gasteiger partial charge in [-0.15, -0.1) is 0 Å². The summed E-state index contributed by atoms with van der Waals surface area (Å²) in [7, 11) is 1.41. The molecule has 19 heavy (non-hydrogen) atoms. The molecule has 1 N–H and O–H groups in total. The number of benzene rings is 2. The van der Waals surface area contributed by atoms with Crippen LogP contribution in [-0.2, 0) is 0 Å². The van der Waals surface area contributed by atoms with Gasteiger partial charge in [-0.25, -0.2) is 4.39 Å². The maximum absolute atomic E-state index is 13.9. The fraction of sp³-hybridized carbons (Fsp3) is 0.143. The van der Waals surface area contributed by atoms with E-state index in [9.17, 15) is 9.50 Å². The lowest BCUT2D eigenvalue weighted by atomic mass is 10.00. The van der Waals surface area contributed by atoms with Crippen molar-refractivity contribution in [3.63, 3.8) is 0 Å². The van der Waals surface area contributed by atoms with Crippen molar-refractivity contribution in [3.05, 3.63) is 63.4 Å². The Morgan fingerprint density at radius 2 is 1.95 bits per heavy atom. The number of aliphatic hydroxyl groups excluding tert-OH is 1. The van der Waals surface area contributed by atoms with E-state index in [1.54, 1.807) is 18.2 Å². The predicted octanol–water partition coefficient (Wildman–Crippen LogP) is 4.22. The molecular weight excluding hydrogens is 290 g/mol. The Balaban J connectivity index is 2.52. The SMILES string of the molecule is COc1cccc(F)c1C(O)c1ccc(Cl)cc1Cl. The zero-order valence-electron chi connectivity index (χ0n) is 10.0. The molecule has 0 bridgehead atoms. The summed E-state index contributed by atoms with van der Waals surface area (Å²) in [6.45, 7) is 0. The molecule has 0 saturated carbocycles. The van der Waals surface area contributed by atoms with Crippen LogP contribution in [0.3, 0.4) is 0 Å². The number of methoxy groups -OCH3 is 1. The van der Waals surface area contributed by atoms with Crippen LogP contribution in [0.2, 0.25) is 10.0 Å². The normalized spacial score (nSPS) is 12.3. The van der Waals surface area contributed by atoms with Crippen LogP contribution in [0.15, 0.2) is 36.4 Å². The first kappa shape index (κ1) is 14.1. The minimum Gasteiger partial charge on any atom is -0.496 e. The summed E-state index contributed by atoms with van der Waals surface area (Å²) >= 11 is 11.8. The second kappa shape index (κ2) is 5.78. The number of aliphatic hydroxyl groups is 1. The molecule has 0 fully saturated rings. The summed E-state index contributed by atoms with van der Waals surface area (Å²) in [6, 6.07) is 8.97. The van der Waals surface area contributed by atoms with Crippen LogP contribution < -0.4 is 4.74 Å². The van der Waals surface area contributed by atoms with Crippen molar-refractivity contribution in [2.45, 2.75) is 6.10 Å². The zero-order chi connectivity index (χ0) is 14.0. The Kier molecular flexibility index (Phi) is 4.30. The summed E-state index contributed by atoms with van der Waals surface area (Å²) in [5.41, 5.74) is 0.420. The van der Waals surface area contributed by atoms with Gasteiger partial charge in [0.25, 0.3) is 0 Å². The van der Waals surface area contributed by atoms with Gasteiger partial charge in [-0.05, 0) is 24.3 Å². The maximum atomic E-state index is 13.9. The molecule has 1 unspecified atom stereocenters. The summed E-state index contributed by atoms with van der Waals surface area (Å²) in [5, 5.41) is 11.0. The van der Waals surface area contributed by atoms with Crippen molar-refractivity contribution >= 4 is 23.2 Å². The first-order chi connectivity index (χ1) is 9.04. The van der Waals surface area contributed by atoms with Crippen LogP contribution in [0, 0.1) is 5.82 Å². The molecule has 0 amide bonds. The Hall–Kier alpha value is -1.29. The van der Waals surface area contributed by atoms with E-state index < -0.39 is 11.9 Å². The monoisotopic (exact) mass is 300 g/mol. The fourth-order valence-corrected chi connectivity index (χ4v) is 2.35. The maximum Gasteiger partial charge on any atom is 0.133 e. The molecule has 2 nitrogen and oxygen atoms in total.